The molecule has 0 radical (unpaired) electrons. The first kappa shape index (κ1) is 68.2. The van der Waals surface area contributed by atoms with E-state index in [1.165, 1.54) is 12.5 Å². The largest absolute Gasteiger partial charge is 0.479 e. The van der Waals surface area contributed by atoms with Crippen LogP contribution in [0, 0.1) is 11.8 Å². The highest BCUT2D eigenvalue weighted by Gasteiger charge is 2.48. The van der Waals surface area contributed by atoms with Crippen LogP contribution in [-0.4, -0.2) is 131 Å². The quantitative estimate of drug-likeness (QED) is 0.0686. The first-order valence-electron chi connectivity index (χ1n) is 26.9. The molecule has 2 heterocycles. The lowest BCUT2D eigenvalue weighted by Crippen LogP contribution is -2.57. The molecule has 79 heavy (non-hydrogen) atoms. The molecule has 0 aliphatic carbocycles. The first-order valence-corrected chi connectivity index (χ1v) is 26.9. The molecule has 2 aliphatic rings. The van der Waals surface area contributed by atoms with Crippen molar-refractivity contribution < 1.29 is 78.2 Å². The number of hydrogen-bond donors (Lipinski definition) is 9. The minimum atomic E-state index is -1.57. The second-order valence-electron chi connectivity index (χ2n) is 26.5. The summed E-state index contributed by atoms with van der Waals surface area (Å²) in [6, 6.07) is 18.8. The van der Waals surface area contributed by atoms with Crippen molar-refractivity contribution in [1.82, 2.24) is 5.32 Å². The van der Waals surface area contributed by atoms with Crippen LogP contribution in [-0.2, 0) is 53.1 Å². The molecular formula is C60H95N3O16. The molecule has 19 nitrogen and oxygen atoms in total. The SMILES string of the molecule is CC(C)(C)Nc1ccc(COC(C)(C)C)cc1.C[C@@H]1[C@@H](O)[C@H](Oc2ccc(COC(C)(C)C)cc2C(=O)NC(C)(C)C)O[C@H](C(=O)O)[C@H]1O.C[C@@H]1[C@@H](O)[C@H](Oc2ccc(COC(C)(C)C)cc2NC(C)(C)C)O[C@H](C(=O)O)[C@H]1O. The lowest BCUT2D eigenvalue weighted by Gasteiger charge is -2.39. The van der Waals surface area contributed by atoms with Gasteiger partial charge in [0, 0.05) is 34.1 Å². The number of nitrogens with one attached hydrogen (secondary N) is 3. The first-order chi connectivity index (χ1) is 35.9. The molecule has 0 unspecified atom stereocenters. The molecule has 5 rings (SSSR count). The number of amides is 1. The van der Waals surface area contributed by atoms with Gasteiger partial charge in [-0.25, -0.2) is 9.59 Å². The maximum absolute atomic E-state index is 13.0. The molecule has 0 aromatic heterocycles. The van der Waals surface area contributed by atoms with Crippen LogP contribution in [0.25, 0.3) is 0 Å². The van der Waals surface area contributed by atoms with Crippen molar-refractivity contribution in [2.45, 2.75) is 241 Å². The van der Waals surface area contributed by atoms with E-state index in [0.29, 0.717) is 24.7 Å². The monoisotopic (exact) mass is 1110 g/mol. The summed E-state index contributed by atoms with van der Waals surface area (Å²) in [5, 5.41) is 69.5. The summed E-state index contributed by atoms with van der Waals surface area (Å²) in [6.45, 7) is 40.3. The Hall–Kier alpha value is -5.09. The van der Waals surface area contributed by atoms with Crippen LogP contribution in [0.2, 0.25) is 0 Å². The van der Waals surface area contributed by atoms with E-state index in [-0.39, 0.29) is 45.8 Å². The normalized spacial score (nSPS) is 23.9. The fraction of sp³-hybridized carbons (Fsp3) is 0.650. The van der Waals surface area contributed by atoms with E-state index in [1.807, 2.05) is 95.2 Å². The average Bonchev–Trinajstić information content (AvgIpc) is 3.29. The van der Waals surface area contributed by atoms with E-state index < -0.39 is 84.4 Å². The number of rotatable bonds is 15. The van der Waals surface area contributed by atoms with Crippen LogP contribution in [0.5, 0.6) is 11.5 Å². The third-order valence-corrected chi connectivity index (χ3v) is 11.7. The van der Waals surface area contributed by atoms with Crippen molar-refractivity contribution in [3.8, 4) is 11.5 Å². The van der Waals surface area contributed by atoms with Gasteiger partial charge in [0.05, 0.1) is 60.1 Å². The van der Waals surface area contributed by atoms with Gasteiger partial charge in [-0.05, 0) is 178 Å². The molecule has 10 atom stereocenters. The van der Waals surface area contributed by atoms with Crippen LogP contribution in [0.4, 0.5) is 11.4 Å². The third-order valence-electron chi connectivity index (χ3n) is 11.7. The van der Waals surface area contributed by atoms with Crippen LogP contribution < -0.4 is 25.4 Å². The Bertz CT molecular complexity index is 2420. The number of aliphatic carboxylic acids is 2. The highest BCUT2D eigenvalue weighted by atomic mass is 16.7. The number of hydrogen-bond acceptors (Lipinski definition) is 16. The molecule has 1 amide bonds. The van der Waals surface area contributed by atoms with E-state index in [4.69, 9.17) is 33.2 Å². The minimum Gasteiger partial charge on any atom is -0.479 e. The van der Waals surface area contributed by atoms with Gasteiger partial charge in [-0.1, -0.05) is 38.1 Å². The summed E-state index contributed by atoms with van der Waals surface area (Å²) in [7, 11) is 0. The summed E-state index contributed by atoms with van der Waals surface area (Å²) >= 11 is 0. The molecule has 446 valence electrons. The molecule has 0 saturated carbocycles. The predicted octanol–water partition coefficient (Wildman–Crippen LogP) is 9.05. The highest BCUT2D eigenvalue weighted by molar-refractivity contribution is 5.97. The standard InChI is InChI=1S/C23H35NO8.C22H35NO7.C15H25NO/c1-12-16(25)18(20(28)29)32-21(17(12)26)31-15-9-8-13(11-30-23(5,6)7)10-14(15)19(27)24-22(2,3)4;1-12-16(24)18(19(26)27)30-20(17(12)25)29-15-9-8-13(11-28-22(5,6)7)10-14(15)23-21(2,3)4;1-14(2,3)16-13-9-7-12(8-10-13)11-17-15(4,5)6/h8-10,12,16-18,21,25-26H,11H2,1-7H3,(H,24,27)(H,28,29);8-10,12,16-18,20,23-25H,11H2,1-7H3,(H,26,27);7-10,16H,11H2,1-6H3/t12-,16-,17+,18-,21+;12-,16-,17+,18-,20+;/m00./s1. The number of carboxylic acid groups (broad SMARTS) is 2. The Morgan fingerprint density at radius 3 is 1.23 bits per heavy atom. The zero-order chi connectivity index (χ0) is 60.4. The summed E-state index contributed by atoms with van der Waals surface area (Å²) in [6.07, 6.45) is -10.9. The molecule has 2 fully saturated rings. The third kappa shape index (κ3) is 23.9. The lowest BCUT2D eigenvalue weighted by molar-refractivity contribution is -0.255. The molecule has 19 heteroatoms. The summed E-state index contributed by atoms with van der Waals surface area (Å²) in [4.78, 5) is 35.8. The van der Waals surface area contributed by atoms with Gasteiger partial charge in [-0.2, -0.15) is 0 Å². The zero-order valence-electron chi connectivity index (χ0n) is 50.4. The maximum atomic E-state index is 13.0. The van der Waals surface area contributed by atoms with E-state index in [9.17, 15) is 45.0 Å². The Labute approximate surface area is 469 Å². The Balaban J connectivity index is 0.000000326. The Morgan fingerprint density at radius 2 is 0.848 bits per heavy atom. The number of ether oxygens (including phenoxy) is 7. The van der Waals surface area contributed by atoms with E-state index in [0.717, 1.165) is 16.8 Å². The summed E-state index contributed by atoms with van der Waals surface area (Å²) in [5.41, 5.74) is 3.46. The van der Waals surface area contributed by atoms with Crippen LogP contribution in [0.1, 0.15) is 166 Å². The van der Waals surface area contributed by atoms with Gasteiger partial charge in [-0.15, -0.1) is 0 Å². The van der Waals surface area contributed by atoms with Crippen LogP contribution in [0.3, 0.4) is 0 Å². The van der Waals surface area contributed by atoms with E-state index in [2.05, 4.69) is 81.8 Å². The molecule has 0 bridgehead atoms. The number of aliphatic hydroxyl groups excluding tert-OH is 4. The van der Waals surface area contributed by atoms with Gasteiger partial charge in [0.1, 0.15) is 23.7 Å². The van der Waals surface area contributed by atoms with E-state index >= 15 is 0 Å². The number of carboxylic acids is 2. The van der Waals surface area contributed by atoms with Crippen LogP contribution in [0.15, 0.2) is 60.7 Å². The molecule has 3 aromatic rings. The van der Waals surface area contributed by atoms with Crippen molar-refractivity contribution in [1.29, 1.82) is 0 Å². The highest BCUT2D eigenvalue weighted by Crippen LogP contribution is 2.35. The average molecular weight is 1110 g/mol. The minimum absolute atomic E-state index is 0.0810. The van der Waals surface area contributed by atoms with Crippen molar-refractivity contribution >= 4 is 29.2 Å². The van der Waals surface area contributed by atoms with Crippen LogP contribution >= 0.6 is 0 Å². The van der Waals surface area contributed by atoms with Gasteiger partial charge >= 0.3 is 11.9 Å². The molecule has 2 saturated heterocycles. The van der Waals surface area contributed by atoms with Gasteiger partial charge in [-0.3, -0.25) is 4.79 Å². The predicted molar refractivity (Wildman–Crippen MR) is 303 cm³/mol. The second kappa shape index (κ2) is 27.6. The smallest absolute Gasteiger partial charge is 0.335 e. The number of carbonyl (C=O) groups is 3. The molecule has 3 aromatic carbocycles. The molecule has 0 spiro atoms. The summed E-state index contributed by atoms with van der Waals surface area (Å²) in [5.74, 6) is -4.12. The second-order valence-corrected chi connectivity index (χ2v) is 26.5. The number of anilines is 2. The number of benzene rings is 3. The topological polar surface area (TPSA) is 273 Å². The Kier molecular flexibility index (Phi) is 23.8. The van der Waals surface area contributed by atoms with E-state index in [1.54, 1.807) is 31.2 Å². The van der Waals surface area contributed by atoms with Crippen molar-refractivity contribution in [2.75, 3.05) is 10.6 Å². The molecule has 2 aliphatic heterocycles. The fourth-order valence-electron chi connectivity index (χ4n) is 7.56. The molecule has 9 N–H and O–H groups in total. The number of aliphatic hydroxyl groups is 4. The number of carbonyl (C=O) groups excluding carboxylic acids is 1. The zero-order valence-corrected chi connectivity index (χ0v) is 50.4. The lowest BCUT2D eigenvalue weighted by atomic mass is 9.90. The fourth-order valence-corrected chi connectivity index (χ4v) is 7.56. The van der Waals surface area contributed by atoms with Crippen molar-refractivity contribution in [3.05, 3.63) is 82.9 Å². The molecular weight excluding hydrogens is 1020 g/mol. The van der Waals surface area contributed by atoms with Gasteiger partial charge in [0.25, 0.3) is 5.91 Å². The summed E-state index contributed by atoms with van der Waals surface area (Å²) < 4.78 is 39.8. The Morgan fingerprint density at radius 1 is 0.481 bits per heavy atom. The van der Waals surface area contributed by atoms with Crippen molar-refractivity contribution in [2.24, 2.45) is 11.8 Å². The maximum Gasteiger partial charge on any atom is 0.335 e. The van der Waals surface area contributed by atoms with Crippen molar-refractivity contribution in [3.63, 3.8) is 0 Å². The van der Waals surface area contributed by atoms with Gasteiger partial charge < -0.3 is 79.7 Å². The van der Waals surface area contributed by atoms with Gasteiger partial charge in [0.2, 0.25) is 12.6 Å². The van der Waals surface area contributed by atoms with Gasteiger partial charge in [0.15, 0.2) is 12.2 Å².